The first kappa shape index (κ1) is 22.7. The minimum absolute atomic E-state index is 0.122. The van der Waals surface area contributed by atoms with Gasteiger partial charge < -0.3 is 20.7 Å². The number of hydrogen-bond acceptors (Lipinski definition) is 6. The van der Waals surface area contributed by atoms with Crippen molar-refractivity contribution in [1.82, 2.24) is 15.5 Å². The maximum Gasteiger partial charge on any atom is 0.332 e. The number of oxime groups is 1. The standard InChI is InChI=1S/C23H24N4O5/c1-14(27-32)19-13-20(26-25-19)22(29)24-18(12-21(28)23(30)31)11-15-7-9-17(10-8-15)16-5-3-2-4-6-16/h2-10,13,18,21,28,32H,11-12H2,1H3,(H,24,29)(H,25,26)(H,30,31)/t18-,21-/m1/s1. The summed E-state index contributed by atoms with van der Waals surface area (Å²) in [5, 5.41) is 40.0. The van der Waals surface area contributed by atoms with Crippen LogP contribution in [0.25, 0.3) is 11.1 Å². The lowest BCUT2D eigenvalue weighted by Gasteiger charge is -2.20. The zero-order valence-electron chi connectivity index (χ0n) is 17.4. The Morgan fingerprint density at radius 2 is 1.75 bits per heavy atom. The number of H-pyrrole nitrogens is 1. The number of aromatic amines is 1. The largest absolute Gasteiger partial charge is 0.479 e. The monoisotopic (exact) mass is 436 g/mol. The third-order valence-corrected chi connectivity index (χ3v) is 5.01. The van der Waals surface area contributed by atoms with Gasteiger partial charge in [0.1, 0.15) is 17.1 Å². The van der Waals surface area contributed by atoms with Crippen molar-refractivity contribution in [3.63, 3.8) is 0 Å². The number of aliphatic carboxylic acids is 1. The highest BCUT2D eigenvalue weighted by atomic mass is 16.4. The molecule has 0 saturated heterocycles. The lowest BCUT2D eigenvalue weighted by atomic mass is 9.97. The molecule has 0 aliphatic heterocycles. The average molecular weight is 436 g/mol. The number of carbonyl (C=O) groups excluding carboxylic acids is 1. The highest BCUT2D eigenvalue weighted by Crippen LogP contribution is 2.20. The van der Waals surface area contributed by atoms with Gasteiger partial charge in [-0.15, -0.1) is 0 Å². The summed E-state index contributed by atoms with van der Waals surface area (Å²) in [6.45, 7) is 1.53. The maximum absolute atomic E-state index is 12.6. The number of carboxylic acids is 1. The number of aliphatic hydroxyl groups excluding tert-OH is 1. The molecule has 32 heavy (non-hydrogen) atoms. The van der Waals surface area contributed by atoms with E-state index in [1.807, 2.05) is 54.6 Å². The van der Waals surface area contributed by atoms with E-state index < -0.39 is 24.0 Å². The van der Waals surface area contributed by atoms with E-state index in [2.05, 4.69) is 20.7 Å². The number of hydrogen-bond donors (Lipinski definition) is 5. The van der Waals surface area contributed by atoms with Crippen LogP contribution in [0.4, 0.5) is 0 Å². The van der Waals surface area contributed by atoms with Crippen LogP contribution in [0.2, 0.25) is 0 Å². The zero-order chi connectivity index (χ0) is 23.1. The van der Waals surface area contributed by atoms with E-state index in [4.69, 9.17) is 10.3 Å². The zero-order valence-corrected chi connectivity index (χ0v) is 17.4. The molecular formula is C23H24N4O5. The molecule has 0 bridgehead atoms. The Balaban J connectivity index is 1.74. The molecule has 0 radical (unpaired) electrons. The van der Waals surface area contributed by atoms with Gasteiger partial charge in [-0.2, -0.15) is 5.10 Å². The van der Waals surface area contributed by atoms with Gasteiger partial charge in [0.25, 0.3) is 5.91 Å². The molecule has 0 aliphatic rings. The van der Waals surface area contributed by atoms with Crippen LogP contribution in [0.3, 0.4) is 0 Å². The SMILES string of the molecule is CC(=NO)c1cc(C(=O)N[C@H](Cc2ccc(-c3ccccc3)cc2)C[C@@H](O)C(=O)O)[nH]n1. The van der Waals surface area contributed by atoms with Crippen molar-refractivity contribution in [1.29, 1.82) is 0 Å². The number of nitrogens with zero attached hydrogens (tertiary/aromatic N) is 2. The molecule has 1 heterocycles. The molecule has 9 heteroatoms. The molecule has 166 valence electrons. The molecular weight excluding hydrogens is 412 g/mol. The summed E-state index contributed by atoms with van der Waals surface area (Å²) in [4.78, 5) is 23.8. The van der Waals surface area contributed by atoms with Crippen molar-refractivity contribution in [3.05, 3.63) is 77.6 Å². The summed E-state index contributed by atoms with van der Waals surface area (Å²) in [6.07, 6.45) is -1.46. The van der Waals surface area contributed by atoms with Gasteiger partial charge in [0.05, 0.1) is 0 Å². The second kappa shape index (κ2) is 10.4. The Labute approximate surface area is 184 Å². The molecule has 0 spiro atoms. The third kappa shape index (κ3) is 5.79. The van der Waals surface area contributed by atoms with Gasteiger partial charge in [0.15, 0.2) is 6.10 Å². The van der Waals surface area contributed by atoms with Crippen molar-refractivity contribution >= 4 is 17.6 Å². The van der Waals surface area contributed by atoms with Crippen molar-refractivity contribution < 1.29 is 25.0 Å². The number of carboxylic acid groups (broad SMARTS) is 1. The number of benzene rings is 2. The Hall–Kier alpha value is -3.98. The molecule has 3 aromatic rings. The Kier molecular flexibility index (Phi) is 7.35. The summed E-state index contributed by atoms with van der Waals surface area (Å²) < 4.78 is 0. The lowest BCUT2D eigenvalue weighted by Crippen LogP contribution is -2.40. The number of aromatic nitrogens is 2. The number of aliphatic hydroxyl groups is 1. The molecule has 9 nitrogen and oxygen atoms in total. The first-order chi connectivity index (χ1) is 15.4. The van der Waals surface area contributed by atoms with Gasteiger partial charge in [-0.25, -0.2) is 4.79 Å². The van der Waals surface area contributed by atoms with Crippen molar-refractivity contribution in [2.75, 3.05) is 0 Å². The van der Waals surface area contributed by atoms with E-state index in [0.717, 1.165) is 16.7 Å². The number of rotatable bonds is 9. The van der Waals surface area contributed by atoms with Crippen LogP contribution in [0.1, 0.15) is 35.1 Å². The second-order valence-electron chi connectivity index (χ2n) is 7.38. The van der Waals surface area contributed by atoms with Gasteiger partial charge in [-0.3, -0.25) is 9.89 Å². The van der Waals surface area contributed by atoms with E-state index in [1.54, 1.807) is 0 Å². The predicted molar refractivity (Wildman–Crippen MR) is 118 cm³/mol. The van der Waals surface area contributed by atoms with Gasteiger partial charge in [-0.1, -0.05) is 59.8 Å². The van der Waals surface area contributed by atoms with Crippen LogP contribution < -0.4 is 5.32 Å². The minimum atomic E-state index is -1.62. The number of nitrogens with one attached hydrogen (secondary N) is 2. The topological polar surface area (TPSA) is 148 Å². The molecule has 3 rings (SSSR count). The van der Waals surface area contributed by atoms with Crippen molar-refractivity contribution in [2.24, 2.45) is 5.16 Å². The quantitative estimate of drug-likeness (QED) is 0.198. The summed E-state index contributed by atoms with van der Waals surface area (Å²) >= 11 is 0. The molecule has 1 aromatic heterocycles. The highest BCUT2D eigenvalue weighted by Gasteiger charge is 2.23. The van der Waals surface area contributed by atoms with E-state index in [0.29, 0.717) is 12.1 Å². The lowest BCUT2D eigenvalue weighted by molar-refractivity contribution is -0.147. The minimum Gasteiger partial charge on any atom is -0.479 e. The van der Waals surface area contributed by atoms with Crippen LogP contribution in [0.5, 0.6) is 0 Å². The van der Waals surface area contributed by atoms with E-state index >= 15 is 0 Å². The van der Waals surface area contributed by atoms with Gasteiger partial charge in [-0.05, 0) is 36.1 Å². The second-order valence-corrected chi connectivity index (χ2v) is 7.38. The van der Waals surface area contributed by atoms with Crippen molar-refractivity contribution in [3.8, 4) is 11.1 Å². The maximum atomic E-state index is 12.6. The Morgan fingerprint density at radius 3 is 2.38 bits per heavy atom. The molecule has 2 aromatic carbocycles. The van der Waals surface area contributed by atoms with Gasteiger partial charge in [0, 0.05) is 12.5 Å². The van der Waals surface area contributed by atoms with Gasteiger partial charge >= 0.3 is 5.97 Å². The molecule has 0 aliphatic carbocycles. The van der Waals surface area contributed by atoms with Crippen LogP contribution in [-0.4, -0.2) is 55.4 Å². The first-order valence-corrected chi connectivity index (χ1v) is 9.98. The fraction of sp³-hybridized carbons (Fsp3) is 0.217. The third-order valence-electron chi connectivity index (χ3n) is 5.01. The molecule has 0 saturated carbocycles. The smallest absolute Gasteiger partial charge is 0.332 e. The van der Waals surface area contributed by atoms with E-state index in [-0.39, 0.29) is 17.8 Å². The number of amides is 1. The van der Waals surface area contributed by atoms with Crippen LogP contribution in [0, 0.1) is 0 Å². The van der Waals surface area contributed by atoms with E-state index in [9.17, 15) is 14.7 Å². The Bertz CT molecular complexity index is 1090. The van der Waals surface area contributed by atoms with E-state index in [1.165, 1.54) is 13.0 Å². The summed E-state index contributed by atoms with van der Waals surface area (Å²) in [5.41, 5.74) is 3.64. The fourth-order valence-corrected chi connectivity index (χ4v) is 3.25. The predicted octanol–water partition coefficient (Wildman–Crippen LogP) is 2.45. The Morgan fingerprint density at radius 1 is 1.09 bits per heavy atom. The summed E-state index contributed by atoms with van der Waals surface area (Å²) in [5.74, 6) is -1.87. The summed E-state index contributed by atoms with van der Waals surface area (Å²) in [7, 11) is 0. The molecule has 5 N–H and O–H groups in total. The van der Waals surface area contributed by atoms with Crippen LogP contribution in [-0.2, 0) is 11.2 Å². The van der Waals surface area contributed by atoms with Gasteiger partial charge in [0.2, 0.25) is 0 Å². The average Bonchev–Trinajstić information content (AvgIpc) is 3.30. The van der Waals surface area contributed by atoms with Crippen LogP contribution >= 0.6 is 0 Å². The van der Waals surface area contributed by atoms with Crippen LogP contribution in [0.15, 0.2) is 65.8 Å². The van der Waals surface area contributed by atoms with Crippen molar-refractivity contribution in [2.45, 2.75) is 31.9 Å². The molecule has 1 amide bonds. The first-order valence-electron chi connectivity index (χ1n) is 9.98. The highest BCUT2D eigenvalue weighted by molar-refractivity contribution is 6.00. The molecule has 0 unspecified atom stereocenters. The molecule has 0 fully saturated rings. The normalized spacial score (nSPS) is 13.4. The molecule has 2 atom stereocenters. The fourth-order valence-electron chi connectivity index (χ4n) is 3.25. The summed E-state index contributed by atoms with van der Waals surface area (Å²) in [6, 6.07) is 18.4. The number of carbonyl (C=O) groups is 2.